The van der Waals surface area contributed by atoms with Crippen molar-refractivity contribution >= 4 is 5.78 Å². The Balaban J connectivity index is 0.000000112. The molecule has 0 unspecified atom stereocenters. The van der Waals surface area contributed by atoms with Crippen LogP contribution in [0.2, 0.25) is 0 Å². The fourth-order valence-electron chi connectivity index (χ4n) is 0.0510. The number of hydrogen-bond acceptors (Lipinski definition) is 1. The molecule has 0 atom stereocenters. The number of ketones is 1. The van der Waals surface area contributed by atoms with Crippen LogP contribution < -0.4 is 0 Å². The molecule has 0 radical (unpaired) electrons. The molecular formula is C5H10O. The van der Waals surface area contributed by atoms with Crippen LogP contribution in [0.1, 0.15) is 26.7 Å². The molecule has 0 aromatic rings. The highest BCUT2D eigenvalue weighted by Crippen LogP contribution is 2.08. The van der Waals surface area contributed by atoms with Crippen molar-refractivity contribution in [2.24, 2.45) is 0 Å². The maximum atomic E-state index is 9.56. The molecule has 1 fully saturated rings. The Morgan fingerprint density at radius 3 is 1.50 bits per heavy atom. The van der Waals surface area contributed by atoms with Crippen molar-refractivity contribution in [2.75, 3.05) is 0 Å². The first-order valence-corrected chi connectivity index (χ1v) is 2.41. The highest BCUT2D eigenvalue weighted by atomic mass is 16.1. The fourth-order valence-corrected chi connectivity index (χ4v) is 0.0510. The van der Waals surface area contributed by atoms with E-state index in [0.717, 1.165) is 12.8 Å². The van der Waals surface area contributed by atoms with Gasteiger partial charge in [0, 0.05) is 12.8 Å². The first kappa shape index (κ1) is 5.67. The molecule has 0 spiro atoms. The van der Waals surface area contributed by atoms with Crippen molar-refractivity contribution in [1.82, 2.24) is 0 Å². The molecule has 1 aliphatic carbocycles. The summed E-state index contributed by atoms with van der Waals surface area (Å²) in [5, 5.41) is 0. The Hall–Kier alpha value is -0.330. The summed E-state index contributed by atoms with van der Waals surface area (Å²) in [5.41, 5.74) is 0. The molecule has 36 valence electrons. The standard InChI is InChI=1S/C3H4O.C2H6/c4-3-1-2-3;1-2/h1-2H2;1-2H3. The first-order valence-electron chi connectivity index (χ1n) is 2.41. The minimum atomic E-state index is 0.417. The topological polar surface area (TPSA) is 17.1 Å². The van der Waals surface area contributed by atoms with Gasteiger partial charge in [0.15, 0.2) is 0 Å². The van der Waals surface area contributed by atoms with Crippen LogP contribution in [-0.4, -0.2) is 5.78 Å². The average Bonchev–Trinajstić information content (AvgIpc) is 2.30. The van der Waals surface area contributed by atoms with Crippen LogP contribution in [0.4, 0.5) is 0 Å². The third-order valence-electron chi connectivity index (χ3n) is 0.454. The molecule has 0 aromatic carbocycles. The Bertz CT molecular complexity index is 41.9. The van der Waals surface area contributed by atoms with E-state index in [2.05, 4.69) is 0 Å². The van der Waals surface area contributed by atoms with Gasteiger partial charge in [0.05, 0.1) is 0 Å². The monoisotopic (exact) mass is 86.1 g/mol. The van der Waals surface area contributed by atoms with E-state index >= 15 is 0 Å². The van der Waals surface area contributed by atoms with Crippen molar-refractivity contribution in [3.8, 4) is 0 Å². The minimum absolute atomic E-state index is 0.417. The summed E-state index contributed by atoms with van der Waals surface area (Å²) in [7, 11) is 0. The van der Waals surface area contributed by atoms with Crippen molar-refractivity contribution in [2.45, 2.75) is 26.7 Å². The molecule has 0 bridgehead atoms. The quantitative estimate of drug-likeness (QED) is 0.435. The number of carbonyl (C=O) groups excluding carboxylic acids is 1. The van der Waals surface area contributed by atoms with Crippen LogP contribution in [0, 0.1) is 0 Å². The maximum absolute atomic E-state index is 9.56. The summed E-state index contributed by atoms with van der Waals surface area (Å²) in [4.78, 5) is 9.56. The Morgan fingerprint density at radius 1 is 1.33 bits per heavy atom. The van der Waals surface area contributed by atoms with Crippen LogP contribution in [0.25, 0.3) is 0 Å². The van der Waals surface area contributed by atoms with Gasteiger partial charge in [-0.2, -0.15) is 0 Å². The van der Waals surface area contributed by atoms with Gasteiger partial charge in [-0.05, 0) is 0 Å². The molecule has 0 aromatic heterocycles. The lowest BCUT2D eigenvalue weighted by Crippen LogP contribution is -1.44. The van der Waals surface area contributed by atoms with Crippen molar-refractivity contribution in [1.29, 1.82) is 0 Å². The largest absolute Gasteiger partial charge is 0.300 e. The smallest absolute Gasteiger partial charge is 0.133 e. The predicted molar refractivity (Wildman–Crippen MR) is 25.6 cm³/mol. The lowest BCUT2D eigenvalue weighted by Gasteiger charge is -1.26. The summed E-state index contributed by atoms with van der Waals surface area (Å²) in [6.45, 7) is 4.00. The van der Waals surface area contributed by atoms with Crippen molar-refractivity contribution < 1.29 is 4.79 Å². The summed E-state index contributed by atoms with van der Waals surface area (Å²) >= 11 is 0. The second-order valence-corrected chi connectivity index (χ2v) is 1.04. The third-order valence-corrected chi connectivity index (χ3v) is 0.454. The number of hydrogen-bond donors (Lipinski definition) is 0. The Morgan fingerprint density at radius 2 is 1.50 bits per heavy atom. The van der Waals surface area contributed by atoms with Gasteiger partial charge in [0.1, 0.15) is 5.78 Å². The average molecular weight is 86.1 g/mol. The zero-order chi connectivity index (χ0) is 4.99. The van der Waals surface area contributed by atoms with Crippen molar-refractivity contribution in [3.63, 3.8) is 0 Å². The summed E-state index contributed by atoms with van der Waals surface area (Å²) < 4.78 is 0. The fraction of sp³-hybridized carbons (Fsp3) is 0.800. The summed E-state index contributed by atoms with van der Waals surface area (Å²) in [6, 6.07) is 0. The van der Waals surface area contributed by atoms with Gasteiger partial charge in [0.2, 0.25) is 0 Å². The molecule has 0 heterocycles. The molecular weight excluding hydrogens is 76.1 g/mol. The van der Waals surface area contributed by atoms with Gasteiger partial charge in [-0.3, -0.25) is 4.79 Å². The van der Waals surface area contributed by atoms with E-state index in [-0.39, 0.29) is 0 Å². The second kappa shape index (κ2) is 2.88. The van der Waals surface area contributed by atoms with Gasteiger partial charge >= 0.3 is 0 Å². The maximum Gasteiger partial charge on any atom is 0.133 e. The molecule has 0 amide bonds. The lowest BCUT2D eigenvalue weighted by atomic mass is 10.9. The highest BCUT2D eigenvalue weighted by molar-refractivity contribution is 5.92. The highest BCUT2D eigenvalue weighted by Gasteiger charge is 2.13. The number of Topliss-reactive ketones (excluding diaryl/α,β-unsaturated/α-hetero) is 1. The van der Waals surface area contributed by atoms with E-state index in [9.17, 15) is 4.79 Å². The van der Waals surface area contributed by atoms with Crippen molar-refractivity contribution in [3.05, 3.63) is 0 Å². The molecule has 1 aliphatic rings. The lowest BCUT2D eigenvalue weighted by molar-refractivity contribution is -0.109. The Labute approximate surface area is 38.4 Å². The number of rotatable bonds is 0. The summed E-state index contributed by atoms with van der Waals surface area (Å²) in [6.07, 6.45) is 1.69. The van der Waals surface area contributed by atoms with E-state index in [1.807, 2.05) is 13.8 Å². The third kappa shape index (κ3) is 3.67. The van der Waals surface area contributed by atoms with E-state index in [1.165, 1.54) is 0 Å². The van der Waals surface area contributed by atoms with Gasteiger partial charge in [-0.25, -0.2) is 0 Å². The molecule has 0 aliphatic heterocycles. The van der Waals surface area contributed by atoms with Crippen LogP contribution in [-0.2, 0) is 4.79 Å². The summed E-state index contributed by atoms with van der Waals surface area (Å²) in [5.74, 6) is 0.417. The van der Waals surface area contributed by atoms with Gasteiger partial charge in [-0.15, -0.1) is 0 Å². The number of carbonyl (C=O) groups is 1. The van der Waals surface area contributed by atoms with E-state index in [4.69, 9.17) is 0 Å². The van der Waals surface area contributed by atoms with Crippen LogP contribution in [0.15, 0.2) is 0 Å². The molecule has 0 saturated heterocycles. The SMILES string of the molecule is CC.O=C1CC1. The first-order chi connectivity index (χ1) is 2.89. The van der Waals surface area contributed by atoms with Gasteiger partial charge in [-0.1, -0.05) is 13.8 Å². The molecule has 1 nitrogen and oxygen atoms in total. The predicted octanol–water partition coefficient (Wildman–Crippen LogP) is 1.38. The molecule has 0 N–H and O–H groups in total. The second-order valence-electron chi connectivity index (χ2n) is 1.04. The minimum Gasteiger partial charge on any atom is -0.300 e. The molecule has 6 heavy (non-hydrogen) atoms. The molecule has 1 rings (SSSR count). The zero-order valence-corrected chi connectivity index (χ0v) is 4.32. The van der Waals surface area contributed by atoms with Gasteiger partial charge < -0.3 is 0 Å². The van der Waals surface area contributed by atoms with E-state index in [1.54, 1.807) is 0 Å². The Kier molecular flexibility index (Phi) is 2.73. The van der Waals surface area contributed by atoms with Crippen LogP contribution in [0.3, 0.4) is 0 Å². The molecule has 1 heteroatoms. The van der Waals surface area contributed by atoms with Gasteiger partial charge in [0.25, 0.3) is 0 Å². The molecule has 1 saturated carbocycles. The zero-order valence-electron chi connectivity index (χ0n) is 4.32. The van der Waals surface area contributed by atoms with Crippen LogP contribution >= 0.6 is 0 Å². The van der Waals surface area contributed by atoms with E-state index in [0.29, 0.717) is 5.78 Å². The normalized spacial score (nSPS) is 15.3. The van der Waals surface area contributed by atoms with E-state index < -0.39 is 0 Å². The van der Waals surface area contributed by atoms with Crippen LogP contribution in [0.5, 0.6) is 0 Å².